The van der Waals surface area contributed by atoms with Crippen molar-refractivity contribution in [3.8, 4) is 0 Å². The first kappa shape index (κ1) is 18.0. The highest BCUT2D eigenvalue weighted by molar-refractivity contribution is 6.03. The quantitative estimate of drug-likeness (QED) is 0.799. The smallest absolute Gasteiger partial charge is 0.290 e. The maximum absolute atomic E-state index is 13.3. The lowest BCUT2D eigenvalue weighted by atomic mass is 9.76. The number of hydrogen-bond acceptors (Lipinski definition) is 3. The first-order valence-corrected chi connectivity index (χ1v) is 9.86. The van der Waals surface area contributed by atoms with E-state index in [4.69, 9.17) is 4.42 Å². The molecule has 1 aromatic heterocycles. The summed E-state index contributed by atoms with van der Waals surface area (Å²) in [5.41, 5.74) is 2.50. The zero-order chi connectivity index (χ0) is 19.2. The van der Waals surface area contributed by atoms with E-state index in [1.54, 1.807) is 0 Å². The molecule has 1 atom stereocenters. The van der Waals surface area contributed by atoms with Crippen molar-refractivity contribution in [1.82, 2.24) is 4.90 Å². The molecule has 4 heteroatoms. The Morgan fingerprint density at radius 3 is 2.70 bits per heavy atom. The Morgan fingerprint density at radius 1 is 1.22 bits per heavy atom. The van der Waals surface area contributed by atoms with Crippen LogP contribution in [-0.2, 0) is 12.8 Å². The van der Waals surface area contributed by atoms with Gasteiger partial charge in [0.05, 0.1) is 5.56 Å². The summed E-state index contributed by atoms with van der Waals surface area (Å²) in [7, 11) is 0. The van der Waals surface area contributed by atoms with Crippen LogP contribution in [0.5, 0.6) is 0 Å². The lowest BCUT2D eigenvalue weighted by Gasteiger charge is -2.27. The average Bonchev–Trinajstić information content (AvgIpc) is 3.18. The topological polar surface area (TPSA) is 50.5 Å². The second-order valence-corrected chi connectivity index (χ2v) is 8.78. The highest BCUT2D eigenvalue weighted by Gasteiger charge is 2.39. The molecule has 2 aliphatic rings. The maximum atomic E-state index is 13.3. The lowest BCUT2D eigenvalue weighted by Crippen LogP contribution is -2.37. The summed E-state index contributed by atoms with van der Waals surface area (Å²) in [4.78, 5) is 27.8. The number of hydrogen-bond donors (Lipinski definition) is 0. The summed E-state index contributed by atoms with van der Waals surface area (Å²) in [5, 5.41) is 0. The molecule has 142 valence electrons. The van der Waals surface area contributed by atoms with Gasteiger partial charge in [-0.3, -0.25) is 9.59 Å². The molecule has 1 fully saturated rings. The van der Waals surface area contributed by atoms with Gasteiger partial charge in [-0.05, 0) is 37.2 Å². The number of likely N-dealkylation sites (tertiary alicyclic amines) is 1. The van der Waals surface area contributed by atoms with Gasteiger partial charge in [0.25, 0.3) is 5.91 Å². The molecule has 0 saturated carbocycles. The molecule has 0 N–H and O–H groups in total. The van der Waals surface area contributed by atoms with Crippen molar-refractivity contribution >= 4 is 11.7 Å². The molecule has 4 rings (SSSR count). The molecule has 0 spiro atoms. The highest BCUT2D eigenvalue weighted by atomic mass is 16.4. The molecular formula is C23H27NO3. The Bertz CT molecular complexity index is 879. The Balaban J connectivity index is 1.60. The van der Waals surface area contributed by atoms with Crippen molar-refractivity contribution in [2.45, 2.75) is 58.9 Å². The first-order chi connectivity index (χ1) is 12.9. The van der Waals surface area contributed by atoms with Crippen LogP contribution < -0.4 is 0 Å². The van der Waals surface area contributed by atoms with Crippen LogP contribution in [0.1, 0.15) is 70.9 Å². The molecule has 4 nitrogen and oxygen atoms in total. The summed E-state index contributed by atoms with van der Waals surface area (Å²) in [6.45, 7) is 6.75. The third-order valence-electron chi connectivity index (χ3n) is 5.92. The third-order valence-corrected chi connectivity index (χ3v) is 5.92. The van der Waals surface area contributed by atoms with E-state index in [1.807, 2.05) is 30.0 Å². The summed E-state index contributed by atoms with van der Waals surface area (Å²) >= 11 is 0. The van der Waals surface area contributed by atoms with Gasteiger partial charge in [-0.25, -0.2) is 0 Å². The summed E-state index contributed by atoms with van der Waals surface area (Å²) in [5.74, 6) is 1.09. The predicted octanol–water partition coefficient (Wildman–Crippen LogP) is 4.59. The van der Waals surface area contributed by atoms with Crippen molar-refractivity contribution in [3.63, 3.8) is 0 Å². The van der Waals surface area contributed by atoms with Crippen LogP contribution >= 0.6 is 0 Å². The van der Waals surface area contributed by atoms with E-state index in [0.717, 1.165) is 31.4 Å². The minimum absolute atomic E-state index is 0.0639. The number of furan rings is 1. The minimum Gasteiger partial charge on any atom is -0.455 e. The number of benzene rings is 1. The van der Waals surface area contributed by atoms with Crippen molar-refractivity contribution in [2.75, 3.05) is 6.54 Å². The number of amides is 1. The van der Waals surface area contributed by atoms with Gasteiger partial charge < -0.3 is 9.32 Å². The van der Waals surface area contributed by atoms with Gasteiger partial charge in [-0.15, -0.1) is 0 Å². The van der Waals surface area contributed by atoms with E-state index < -0.39 is 0 Å². The van der Waals surface area contributed by atoms with Gasteiger partial charge >= 0.3 is 0 Å². The van der Waals surface area contributed by atoms with Crippen molar-refractivity contribution in [3.05, 3.63) is 58.5 Å². The monoisotopic (exact) mass is 365 g/mol. The molecular weight excluding hydrogens is 338 g/mol. The SMILES string of the molecule is Cc1c(C(=O)N2CCC[C@H]2Cc2ccccc2)oc2c1C(=O)CC(C)(C)C2. The molecule has 0 unspecified atom stereocenters. The van der Waals surface area contributed by atoms with E-state index in [-0.39, 0.29) is 23.1 Å². The number of ketones is 1. The van der Waals surface area contributed by atoms with Crippen LogP contribution in [0.25, 0.3) is 0 Å². The molecule has 2 aromatic rings. The fourth-order valence-electron chi connectivity index (χ4n) is 4.62. The van der Waals surface area contributed by atoms with Crippen LogP contribution in [-0.4, -0.2) is 29.2 Å². The fraction of sp³-hybridized carbons (Fsp3) is 0.478. The van der Waals surface area contributed by atoms with Gasteiger partial charge in [0.1, 0.15) is 5.76 Å². The second-order valence-electron chi connectivity index (χ2n) is 8.78. The zero-order valence-electron chi connectivity index (χ0n) is 16.4. The number of Topliss-reactive ketones (excluding diaryl/α,β-unsaturated/α-hetero) is 1. The molecule has 0 bridgehead atoms. The van der Waals surface area contributed by atoms with Gasteiger partial charge in [0.2, 0.25) is 0 Å². The lowest BCUT2D eigenvalue weighted by molar-refractivity contribution is 0.0698. The molecule has 1 saturated heterocycles. The fourth-order valence-corrected chi connectivity index (χ4v) is 4.62. The normalized spacial score (nSPS) is 21.4. The Morgan fingerprint density at radius 2 is 1.96 bits per heavy atom. The molecule has 1 aliphatic carbocycles. The van der Waals surface area contributed by atoms with E-state index >= 15 is 0 Å². The predicted molar refractivity (Wildman–Crippen MR) is 104 cm³/mol. The van der Waals surface area contributed by atoms with Gasteiger partial charge in [0, 0.05) is 31.0 Å². The van der Waals surface area contributed by atoms with E-state index in [1.165, 1.54) is 5.56 Å². The molecule has 1 aliphatic heterocycles. The van der Waals surface area contributed by atoms with Crippen LogP contribution in [0, 0.1) is 12.3 Å². The van der Waals surface area contributed by atoms with Gasteiger partial charge in [-0.2, -0.15) is 0 Å². The van der Waals surface area contributed by atoms with Gasteiger partial charge in [-0.1, -0.05) is 44.2 Å². The largest absolute Gasteiger partial charge is 0.455 e. The third kappa shape index (κ3) is 3.33. The molecule has 1 amide bonds. The first-order valence-electron chi connectivity index (χ1n) is 9.86. The van der Waals surface area contributed by atoms with Crippen molar-refractivity contribution in [1.29, 1.82) is 0 Å². The molecule has 2 heterocycles. The van der Waals surface area contributed by atoms with Crippen LogP contribution in [0.15, 0.2) is 34.7 Å². The Hall–Kier alpha value is -2.36. The van der Waals surface area contributed by atoms with Crippen molar-refractivity contribution < 1.29 is 14.0 Å². The minimum atomic E-state index is -0.113. The van der Waals surface area contributed by atoms with Crippen molar-refractivity contribution in [2.24, 2.45) is 5.41 Å². The summed E-state index contributed by atoms with van der Waals surface area (Å²) < 4.78 is 6.00. The number of fused-ring (bicyclic) bond motifs is 1. The summed E-state index contributed by atoms with van der Waals surface area (Å²) in [6.07, 6.45) is 4.09. The average molecular weight is 365 g/mol. The van der Waals surface area contributed by atoms with Crippen LogP contribution in [0.2, 0.25) is 0 Å². The molecule has 0 radical (unpaired) electrons. The zero-order valence-corrected chi connectivity index (χ0v) is 16.4. The van der Waals surface area contributed by atoms with Crippen LogP contribution in [0.3, 0.4) is 0 Å². The van der Waals surface area contributed by atoms with E-state index in [2.05, 4.69) is 26.0 Å². The number of rotatable bonds is 3. The van der Waals surface area contributed by atoms with E-state index in [9.17, 15) is 9.59 Å². The van der Waals surface area contributed by atoms with E-state index in [0.29, 0.717) is 29.9 Å². The number of carbonyl (C=O) groups is 2. The Labute approximate surface area is 160 Å². The van der Waals surface area contributed by atoms with Gasteiger partial charge in [0.15, 0.2) is 11.5 Å². The second kappa shape index (κ2) is 6.66. The summed E-state index contributed by atoms with van der Waals surface area (Å²) in [6, 6.07) is 10.5. The Kier molecular flexibility index (Phi) is 4.45. The standard InChI is InChI=1S/C23H27NO3/c1-15-20-18(25)13-23(2,3)14-19(20)27-21(15)22(26)24-11-7-10-17(24)12-16-8-5-4-6-9-16/h4-6,8-9,17H,7,10-14H2,1-3H3/t17-/m0/s1. The number of nitrogens with zero attached hydrogens (tertiary/aromatic N) is 1. The maximum Gasteiger partial charge on any atom is 0.290 e. The van der Waals surface area contributed by atoms with Crippen LogP contribution in [0.4, 0.5) is 0 Å². The molecule has 1 aromatic carbocycles. The number of carbonyl (C=O) groups excluding carboxylic acids is 2. The molecule has 27 heavy (non-hydrogen) atoms. The highest BCUT2D eigenvalue weighted by Crippen LogP contribution is 2.39.